The summed E-state index contributed by atoms with van der Waals surface area (Å²) in [5.41, 5.74) is 0.995. The molecule has 20 heavy (non-hydrogen) atoms. The standard InChI is InChI=1S/C14H25N3O2S/c1-11(2)17-10-14(8-13(17)9-15-3)20(18,19)16-12-6-4-5-7-12/h8,10-12,15-16H,4-7,9H2,1-3H3. The largest absolute Gasteiger partial charge is 0.346 e. The molecule has 0 atom stereocenters. The van der Waals surface area contributed by atoms with Gasteiger partial charge in [-0.3, -0.25) is 0 Å². The highest BCUT2D eigenvalue weighted by atomic mass is 32.2. The van der Waals surface area contributed by atoms with Crippen LogP contribution >= 0.6 is 0 Å². The van der Waals surface area contributed by atoms with E-state index < -0.39 is 10.0 Å². The van der Waals surface area contributed by atoms with Crippen molar-refractivity contribution in [3.63, 3.8) is 0 Å². The number of aromatic nitrogens is 1. The first-order valence-electron chi connectivity index (χ1n) is 7.31. The van der Waals surface area contributed by atoms with Gasteiger partial charge in [0.15, 0.2) is 0 Å². The van der Waals surface area contributed by atoms with E-state index in [2.05, 4.69) is 23.9 Å². The van der Waals surface area contributed by atoms with Crippen LogP contribution in [0.4, 0.5) is 0 Å². The van der Waals surface area contributed by atoms with Crippen LogP contribution in [0.25, 0.3) is 0 Å². The number of sulfonamides is 1. The van der Waals surface area contributed by atoms with Crippen LogP contribution in [-0.2, 0) is 16.6 Å². The van der Waals surface area contributed by atoms with Crippen molar-refractivity contribution >= 4 is 10.0 Å². The fraction of sp³-hybridized carbons (Fsp3) is 0.714. The molecule has 1 aromatic rings. The Hall–Kier alpha value is -0.850. The third kappa shape index (κ3) is 3.42. The third-order valence-electron chi connectivity index (χ3n) is 3.81. The highest BCUT2D eigenvalue weighted by Crippen LogP contribution is 2.23. The average Bonchev–Trinajstić information content (AvgIpc) is 2.98. The zero-order chi connectivity index (χ0) is 14.8. The van der Waals surface area contributed by atoms with Crippen molar-refractivity contribution in [1.29, 1.82) is 0 Å². The van der Waals surface area contributed by atoms with E-state index in [1.165, 1.54) is 0 Å². The minimum absolute atomic E-state index is 0.107. The van der Waals surface area contributed by atoms with Gasteiger partial charge in [0.2, 0.25) is 10.0 Å². The van der Waals surface area contributed by atoms with Crippen molar-refractivity contribution in [3.8, 4) is 0 Å². The molecule has 0 aliphatic heterocycles. The van der Waals surface area contributed by atoms with Gasteiger partial charge in [0.05, 0.1) is 4.90 Å². The lowest BCUT2D eigenvalue weighted by Crippen LogP contribution is -2.32. The lowest BCUT2D eigenvalue weighted by molar-refractivity contribution is 0.548. The Bertz CT molecular complexity index is 543. The molecular formula is C14H25N3O2S. The van der Waals surface area contributed by atoms with Crippen LogP contribution in [-0.4, -0.2) is 26.1 Å². The molecule has 1 fully saturated rings. The van der Waals surface area contributed by atoms with Crippen LogP contribution in [0.5, 0.6) is 0 Å². The third-order valence-corrected chi connectivity index (χ3v) is 5.30. The predicted molar refractivity (Wildman–Crippen MR) is 80.2 cm³/mol. The molecule has 0 saturated heterocycles. The SMILES string of the molecule is CNCc1cc(S(=O)(=O)NC2CCCC2)cn1C(C)C. The van der Waals surface area contributed by atoms with E-state index in [1.807, 2.05) is 11.6 Å². The summed E-state index contributed by atoms with van der Waals surface area (Å²) in [6.07, 6.45) is 5.88. The highest BCUT2D eigenvalue weighted by molar-refractivity contribution is 7.89. The summed E-state index contributed by atoms with van der Waals surface area (Å²) in [5.74, 6) is 0. The topological polar surface area (TPSA) is 63.1 Å². The second-order valence-corrected chi connectivity index (χ2v) is 7.52. The fourth-order valence-electron chi connectivity index (χ4n) is 2.78. The van der Waals surface area contributed by atoms with E-state index in [9.17, 15) is 8.42 Å². The Kier molecular flexibility index (Phi) is 4.88. The van der Waals surface area contributed by atoms with Crippen LogP contribution in [0, 0.1) is 0 Å². The average molecular weight is 299 g/mol. The molecule has 1 aromatic heterocycles. The van der Waals surface area contributed by atoms with Gasteiger partial charge in [-0.1, -0.05) is 12.8 Å². The van der Waals surface area contributed by atoms with Crippen molar-refractivity contribution < 1.29 is 8.42 Å². The molecule has 1 aliphatic rings. The van der Waals surface area contributed by atoms with E-state index in [-0.39, 0.29) is 12.1 Å². The van der Waals surface area contributed by atoms with Crippen LogP contribution in [0.3, 0.4) is 0 Å². The molecule has 0 unspecified atom stereocenters. The van der Waals surface area contributed by atoms with Gasteiger partial charge in [0.25, 0.3) is 0 Å². The maximum absolute atomic E-state index is 12.4. The van der Waals surface area contributed by atoms with E-state index in [0.717, 1.165) is 31.4 Å². The van der Waals surface area contributed by atoms with Crippen LogP contribution in [0.15, 0.2) is 17.2 Å². The number of hydrogen-bond acceptors (Lipinski definition) is 3. The minimum Gasteiger partial charge on any atom is -0.346 e. The second kappa shape index (κ2) is 6.28. The number of hydrogen-bond donors (Lipinski definition) is 2. The molecule has 0 bridgehead atoms. The quantitative estimate of drug-likeness (QED) is 0.844. The van der Waals surface area contributed by atoms with Crippen molar-refractivity contribution in [2.24, 2.45) is 0 Å². The lowest BCUT2D eigenvalue weighted by Gasteiger charge is -2.12. The molecule has 114 valence electrons. The Balaban J connectivity index is 2.24. The molecule has 0 spiro atoms. The summed E-state index contributed by atoms with van der Waals surface area (Å²) < 4.78 is 29.7. The van der Waals surface area contributed by atoms with Crippen molar-refractivity contribution in [1.82, 2.24) is 14.6 Å². The Morgan fingerprint density at radius 1 is 1.35 bits per heavy atom. The highest BCUT2D eigenvalue weighted by Gasteiger charge is 2.24. The summed E-state index contributed by atoms with van der Waals surface area (Å²) in [4.78, 5) is 0.378. The molecule has 1 saturated carbocycles. The van der Waals surface area contributed by atoms with E-state index in [0.29, 0.717) is 11.4 Å². The molecule has 0 amide bonds. The molecule has 2 N–H and O–H groups in total. The van der Waals surface area contributed by atoms with Gasteiger partial charge < -0.3 is 9.88 Å². The monoisotopic (exact) mass is 299 g/mol. The predicted octanol–water partition coefficient (Wildman–Crippen LogP) is 2.01. The van der Waals surface area contributed by atoms with Gasteiger partial charge in [-0.25, -0.2) is 13.1 Å². The van der Waals surface area contributed by atoms with Gasteiger partial charge in [-0.15, -0.1) is 0 Å². The maximum atomic E-state index is 12.4. The van der Waals surface area contributed by atoms with Crippen molar-refractivity contribution in [3.05, 3.63) is 18.0 Å². The molecule has 1 heterocycles. The van der Waals surface area contributed by atoms with E-state index in [4.69, 9.17) is 0 Å². The zero-order valence-electron chi connectivity index (χ0n) is 12.5. The van der Waals surface area contributed by atoms with Gasteiger partial charge in [-0.2, -0.15) is 0 Å². The lowest BCUT2D eigenvalue weighted by atomic mass is 10.3. The number of nitrogens with one attached hydrogen (secondary N) is 2. The number of nitrogens with zero attached hydrogens (tertiary/aromatic N) is 1. The first-order valence-corrected chi connectivity index (χ1v) is 8.80. The van der Waals surface area contributed by atoms with Crippen LogP contribution in [0.1, 0.15) is 51.3 Å². The minimum atomic E-state index is -3.40. The van der Waals surface area contributed by atoms with Gasteiger partial charge in [-0.05, 0) is 39.8 Å². The maximum Gasteiger partial charge on any atom is 0.242 e. The Labute approximate surface area is 121 Å². The van der Waals surface area contributed by atoms with E-state index >= 15 is 0 Å². The molecule has 0 radical (unpaired) electrons. The summed E-state index contributed by atoms with van der Waals surface area (Å²) >= 11 is 0. The Morgan fingerprint density at radius 3 is 2.55 bits per heavy atom. The first kappa shape index (κ1) is 15.5. The first-order chi connectivity index (χ1) is 9.44. The van der Waals surface area contributed by atoms with Crippen molar-refractivity contribution in [2.75, 3.05) is 7.05 Å². The summed E-state index contributed by atoms with van der Waals surface area (Å²) in [6, 6.07) is 2.12. The number of rotatable bonds is 6. The molecule has 0 aromatic carbocycles. The van der Waals surface area contributed by atoms with Crippen molar-refractivity contribution in [2.45, 2.75) is 63.1 Å². The van der Waals surface area contributed by atoms with Gasteiger partial charge >= 0.3 is 0 Å². The molecule has 5 nitrogen and oxygen atoms in total. The van der Waals surface area contributed by atoms with Gasteiger partial charge in [0.1, 0.15) is 0 Å². The molecule has 1 aliphatic carbocycles. The smallest absolute Gasteiger partial charge is 0.242 e. The summed E-state index contributed by atoms with van der Waals surface area (Å²) in [7, 11) is -1.53. The molecule has 2 rings (SSSR count). The second-order valence-electron chi connectivity index (χ2n) is 5.80. The summed E-state index contributed by atoms with van der Waals surface area (Å²) in [6.45, 7) is 4.77. The molecule has 6 heteroatoms. The zero-order valence-corrected chi connectivity index (χ0v) is 13.3. The Morgan fingerprint density at radius 2 is 2.00 bits per heavy atom. The fourth-order valence-corrected chi connectivity index (χ4v) is 4.13. The van der Waals surface area contributed by atoms with Gasteiger partial charge in [0, 0.05) is 30.5 Å². The normalized spacial score (nSPS) is 17.2. The summed E-state index contributed by atoms with van der Waals surface area (Å²) in [5, 5.41) is 3.08. The van der Waals surface area contributed by atoms with E-state index in [1.54, 1.807) is 12.3 Å². The van der Waals surface area contributed by atoms with Crippen LogP contribution < -0.4 is 10.0 Å². The van der Waals surface area contributed by atoms with Crippen LogP contribution in [0.2, 0.25) is 0 Å². The molecular weight excluding hydrogens is 274 g/mol.